The van der Waals surface area contributed by atoms with E-state index >= 15 is 0 Å². The molecular weight excluding hydrogens is 472 g/mol. The molecule has 1 N–H and O–H groups in total. The number of nitrogens with zero attached hydrogens (tertiary/aromatic N) is 9. The number of rotatable bonds is 5. The lowest BCUT2D eigenvalue weighted by atomic mass is 10.2. The van der Waals surface area contributed by atoms with Gasteiger partial charge < -0.3 is 9.47 Å². The third-order valence-corrected chi connectivity index (χ3v) is 7.24. The lowest BCUT2D eigenvalue weighted by Crippen LogP contribution is -2.38. The summed E-state index contributed by atoms with van der Waals surface area (Å²) in [5.41, 5.74) is 0.132. The first-order chi connectivity index (χ1) is 16.8. The lowest BCUT2D eigenvalue weighted by Gasteiger charge is -2.23. The Balaban J connectivity index is 1.41. The Hall–Kier alpha value is -3.94. The molecule has 182 valence electrons. The first-order valence-corrected chi connectivity index (χ1v) is 11.9. The van der Waals surface area contributed by atoms with Gasteiger partial charge in [-0.15, -0.1) is 10.2 Å². The van der Waals surface area contributed by atoms with Crippen LogP contribution in [0.4, 0.5) is 10.9 Å². The van der Waals surface area contributed by atoms with E-state index in [9.17, 15) is 14.4 Å². The minimum atomic E-state index is -0.793. The van der Waals surface area contributed by atoms with Crippen LogP contribution in [0.2, 0.25) is 0 Å². The van der Waals surface area contributed by atoms with Crippen LogP contribution in [0, 0.1) is 0 Å². The second-order valence-corrected chi connectivity index (χ2v) is 9.53. The van der Waals surface area contributed by atoms with Crippen LogP contribution in [0.1, 0.15) is 32.7 Å². The van der Waals surface area contributed by atoms with Gasteiger partial charge in [-0.3, -0.25) is 24.0 Å². The van der Waals surface area contributed by atoms with Crippen LogP contribution in [0.5, 0.6) is 0 Å². The molecule has 1 aliphatic rings. The highest BCUT2D eigenvalue weighted by Crippen LogP contribution is 2.35. The molecule has 0 spiro atoms. The molecule has 5 heterocycles. The van der Waals surface area contributed by atoms with Gasteiger partial charge in [-0.05, 0) is 26.7 Å². The first-order valence-electron chi connectivity index (χ1n) is 11.1. The fourth-order valence-corrected chi connectivity index (χ4v) is 5.08. The van der Waals surface area contributed by atoms with Crippen LogP contribution >= 0.6 is 11.3 Å². The Labute approximate surface area is 203 Å². The van der Waals surface area contributed by atoms with Crippen molar-refractivity contribution in [3.8, 4) is 10.6 Å². The van der Waals surface area contributed by atoms with E-state index in [2.05, 4.69) is 42.3 Å². The Morgan fingerprint density at radius 2 is 2.00 bits per heavy atom. The van der Waals surface area contributed by atoms with Crippen LogP contribution in [0.15, 0.2) is 28.4 Å². The number of hydrogen-bond donors (Lipinski definition) is 1. The van der Waals surface area contributed by atoms with Crippen molar-refractivity contribution in [2.75, 3.05) is 16.8 Å². The largest absolute Gasteiger partial charge is 0.353 e. The molecule has 13 nitrogen and oxygen atoms in total. The van der Waals surface area contributed by atoms with Gasteiger partial charge >= 0.3 is 5.69 Å². The molecule has 1 aliphatic heterocycles. The van der Waals surface area contributed by atoms with Crippen molar-refractivity contribution in [2.45, 2.75) is 38.8 Å². The highest BCUT2D eigenvalue weighted by molar-refractivity contribution is 7.18. The third-order valence-electron chi connectivity index (χ3n) is 6.37. The molecule has 0 saturated carbocycles. The zero-order valence-electron chi connectivity index (χ0n) is 19.7. The summed E-state index contributed by atoms with van der Waals surface area (Å²) in [6, 6.07) is -0.424. The topological polar surface area (TPSA) is 146 Å². The Kier molecular flexibility index (Phi) is 5.67. The van der Waals surface area contributed by atoms with Crippen molar-refractivity contribution in [1.82, 2.24) is 38.9 Å². The normalized spacial score (nSPS) is 16.7. The second kappa shape index (κ2) is 8.69. The monoisotopic (exact) mass is 496 g/mol. The summed E-state index contributed by atoms with van der Waals surface area (Å²) >= 11 is 1.22. The molecule has 1 fully saturated rings. The first kappa shape index (κ1) is 22.8. The van der Waals surface area contributed by atoms with E-state index in [0.717, 1.165) is 35.3 Å². The molecule has 0 aliphatic carbocycles. The number of aromatic nitrogens is 8. The van der Waals surface area contributed by atoms with Gasteiger partial charge in [0.2, 0.25) is 11.0 Å². The average Bonchev–Trinajstić information content (AvgIpc) is 3.60. The van der Waals surface area contributed by atoms with E-state index in [0.29, 0.717) is 16.2 Å². The van der Waals surface area contributed by atoms with Gasteiger partial charge in [-0.1, -0.05) is 11.3 Å². The zero-order valence-corrected chi connectivity index (χ0v) is 20.5. The second-order valence-electron chi connectivity index (χ2n) is 8.55. The molecule has 5 rings (SSSR count). The van der Waals surface area contributed by atoms with Gasteiger partial charge in [0.05, 0.1) is 11.9 Å². The molecule has 1 unspecified atom stereocenters. The van der Waals surface area contributed by atoms with E-state index in [4.69, 9.17) is 0 Å². The predicted octanol–water partition coefficient (Wildman–Crippen LogP) is 0.931. The molecule has 1 amide bonds. The number of nitrogens with one attached hydrogen (secondary N) is 1. The molecule has 35 heavy (non-hydrogen) atoms. The standard InChI is InChI=1S/C21H24N10O3S/c1-11-6-5-7-30(11)15-13(8-22-9-23-15)18-26-27-20(35-18)25-17(32)12(2)31-10-24-16-14(31)19(33)29(4)21(34)28(16)3/h8-12H,5-7H2,1-4H3,(H,25,27,32)/t11-,12?/m0/s1. The Morgan fingerprint density at radius 1 is 1.20 bits per heavy atom. The smallest absolute Gasteiger partial charge is 0.332 e. The molecule has 1 saturated heterocycles. The quantitative estimate of drug-likeness (QED) is 0.426. The maximum Gasteiger partial charge on any atom is 0.332 e. The minimum absolute atomic E-state index is 0.168. The highest BCUT2D eigenvalue weighted by Gasteiger charge is 2.27. The molecular formula is C21H24N10O3S. The summed E-state index contributed by atoms with van der Waals surface area (Å²) < 4.78 is 3.71. The minimum Gasteiger partial charge on any atom is -0.353 e. The Morgan fingerprint density at radius 3 is 2.74 bits per heavy atom. The molecule has 0 aromatic carbocycles. The van der Waals surface area contributed by atoms with Crippen molar-refractivity contribution in [3.05, 3.63) is 39.7 Å². The number of aryl methyl sites for hydroxylation is 1. The number of carbonyl (C=O) groups excluding carboxylic acids is 1. The summed E-state index contributed by atoms with van der Waals surface area (Å²) in [5, 5.41) is 12.1. The summed E-state index contributed by atoms with van der Waals surface area (Å²) in [6.07, 6.45) is 6.80. The summed E-state index contributed by atoms with van der Waals surface area (Å²) in [6.45, 7) is 4.72. The molecule has 4 aromatic heterocycles. The van der Waals surface area contributed by atoms with Crippen LogP contribution in [0.25, 0.3) is 21.7 Å². The zero-order chi connectivity index (χ0) is 24.9. The fourth-order valence-electron chi connectivity index (χ4n) is 4.33. The number of carbonyl (C=O) groups is 1. The molecule has 0 bridgehead atoms. The number of imidazole rings is 1. The van der Waals surface area contributed by atoms with Crippen LogP contribution < -0.4 is 21.5 Å². The molecule has 14 heteroatoms. The van der Waals surface area contributed by atoms with Crippen molar-refractivity contribution in [1.29, 1.82) is 0 Å². The fraction of sp³-hybridized carbons (Fsp3) is 0.429. The van der Waals surface area contributed by atoms with E-state index in [1.807, 2.05) is 0 Å². The van der Waals surface area contributed by atoms with Gasteiger partial charge in [0.15, 0.2) is 16.2 Å². The van der Waals surface area contributed by atoms with Gasteiger partial charge in [0.25, 0.3) is 5.56 Å². The van der Waals surface area contributed by atoms with Gasteiger partial charge in [-0.25, -0.2) is 19.7 Å². The van der Waals surface area contributed by atoms with Crippen LogP contribution in [-0.4, -0.2) is 57.3 Å². The maximum absolute atomic E-state index is 13.0. The van der Waals surface area contributed by atoms with Crippen molar-refractivity contribution >= 4 is 39.4 Å². The number of fused-ring (bicyclic) bond motifs is 1. The third kappa shape index (κ3) is 3.79. The molecule has 2 atom stereocenters. The van der Waals surface area contributed by atoms with Crippen molar-refractivity contribution in [3.63, 3.8) is 0 Å². The highest BCUT2D eigenvalue weighted by atomic mass is 32.1. The van der Waals surface area contributed by atoms with E-state index in [1.165, 1.54) is 47.2 Å². The van der Waals surface area contributed by atoms with Gasteiger partial charge in [0, 0.05) is 32.9 Å². The number of anilines is 2. The number of hydrogen-bond acceptors (Lipinski definition) is 10. The maximum atomic E-state index is 13.0. The van der Waals surface area contributed by atoms with E-state index in [1.54, 1.807) is 13.1 Å². The summed E-state index contributed by atoms with van der Waals surface area (Å²) in [4.78, 5) is 53.0. The average molecular weight is 497 g/mol. The summed E-state index contributed by atoms with van der Waals surface area (Å²) in [5.74, 6) is 0.402. The van der Waals surface area contributed by atoms with Gasteiger partial charge in [-0.2, -0.15) is 0 Å². The predicted molar refractivity (Wildman–Crippen MR) is 131 cm³/mol. The van der Waals surface area contributed by atoms with Crippen molar-refractivity contribution < 1.29 is 4.79 Å². The molecule has 0 radical (unpaired) electrons. The van der Waals surface area contributed by atoms with Gasteiger partial charge in [0.1, 0.15) is 18.2 Å². The summed E-state index contributed by atoms with van der Waals surface area (Å²) in [7, 11) is 2.92. The molecule has 4 aromatic rings. The van der Waals surface area contributed by atoms with E-state index < -0.39 is 23.2 Å². The van der Waals surface area contributed by atoms with Crippen LogP contribution in [0.3, 0.4) is 0 Å². The lowest BCUT2D eigenvalue weighted by molar-refractivity contribution is -0.118. The van der Waals surface area contributed by atoms with Crippen LogP contribution in [-0.2, 0) is 18.9 Å². The van der Waals surface area contributed by atoms with E-state index in [-0.39, 0.29) is 11.2 Å². The Bertz CT molecular complexity index is 1550. The SMILES string of the molecule is CC(C(=O)Nc1nnc(-c2cncnc2N2CCC[C@@H]2C)s1)n1cnc2c1c(=O)n(C)c(=O)n2C. The number of amides is 1. The van der Waals surface area contributed by atoms with Crippen molar-refractivity contribution in [2.24, 2.45) is 14.1 Å².